The van der Waals surface area contributed by atoms with Crippen molar-refractivity contribution in [1.29, 1.82) is 0 Å². The number of benzene rings is 2. The second-order valence-electron chi connectivity index (χ2n) is 6.29. The summed E-state index contributed by atoms with van der Waals surface area (Å²) in [6.07, 6.45) is 0. The number of nitro benzene ring substituents is 1. The number of carbonyl (C=O) groups excluding carboxylic acids is 2. The Labute approximate surface area is 203 Å². The molecule has 1 heterocycles. The monoisotopic (exact) mass is 582 g/mol. The molecular weight excluding hydrogens is 568 g/mol. The van der Waals surface area contributed by atoms with Gasteiger partial charge in [0, 0.05) is 27.5 Å². The molecule has 8 nitrogen and oxygen atoms in total. The minimum atomic E-state index is -0.637. The summed E-state index contributed by atoms with van der Waals surface area (Å²) in [5, 5.41) is 15.7. The first-order valence-corrected chi connectivity index (χ1v) is 11.7. The SMILES string of the molecule is CCOC(=O)c1c(-c2cccc([N+](=O)[O-])c2)csc1NC(=O)COc1ccc(Br)cc1Br. The van der Waals surface area contributed by atoms with Crippen LogP contribution >= 0.6 is 43.2 Å². The normalized spacial score (nSPS) is 10.5. The molecule has 0 fully saturated rings. The van der Waals surface area contributed by atoms with Crippen molar-refractivity contribution >= 4 is 65.8 Å². The fourth-order valence-corrected chi connectivity index (χ4v) is 4.89. The molecule has 0 atom stereocenters. The zero-order chi connectivity index (χ0) is 23.3. The third-order valence-electron chi connectivity index (χ3n) is 4.14. The van der Waals surface area contributed by atoms with Crippen molar-refractivity contribution in [3.05, 3.63) is 72.5 Å². The van der Waals surface area contributed by atoms with Crippen LogP contribution in [-0.2, 0) is 9.53 Å². The number of ether oxygens (including phenoxy) is 2. The van der Waals surface area contributed by atoms with Crippen molar-refractivity contribution in [3.8, 4) is 16.9 Å². The van der Waals surface area contributed by atoms with Gasteiger partial charge in [-0.25, -0.2) is 4.79 Å². The van der Waals surface area contributed by atoms with E-state index in [1.807, 2.05) is 0 Å². The lowest BCUT2D eigenvalue weighted by Crippen LogP contribution is -2.21. The number of anilines is 1. The molecule has 0 spiro atoms. The largest absolute Gasteiger partial charge is 0.483 e. The van der Waals surface area contributed by atoms with Crippen LogP contribution in [0.3, 0.4) is 0 Å². The van der Waals surface area contributed by atoms with E-state index in [9.17, 15) is 19.7 Å². The highest BCUT2D eigenvalue weighted by atomic mass is 79.9. The summed E-state index contributed by atoms with van der Waals surface area (Å²) >= 11 is 7.83. The molecule has 3 aromatic rings. The molecule has 0 aliphatic rings. The number of halogens is 2. The molecule has 11 heteroatoms. The molecule has 0 saturated carbocycles. The third-order valence-corrected chi connectivity index (χ3v) is 6.15. The molecule has 0 saturated heterocycles. The Kier molecular flexibility index (Phi) is 7.99. The predicted octanol–water partition coefficient (Wildman–Crippen LogP) is 6.04. The molecule has 0 radical (unpaired) electrons. The van der Waals surface area contributed by atoms with E-state index in [-0.39, 0.29) is 29.5 Å². The van der Waals surface area contributed by atoms with Gasteiger partial charge >= 0.3 is 5.97 Å². The maximum absolute atomic E-state index is 12.6. The number of nitrogens with one attached hydrogen (secondary N) is 1. The van der Waals surface area contributed by atoms with Crippen LogP contribution in [0, 0.1) is 10.1 Å². The van der Waals surface area contributed by atoms with Gasteiger partial charge < -0.3 is 14.8 Å². The highest BCUT2D eigenvalue weighted by Gasteiger charge is 2.24. The van der Waals surface area contributed by atoms with Crippen LogP contribution in [0.15, 0.2) is 56.8 Å². The maximum Gasteiger partial charge on any atom is 0.341 e. The second kappa shape index (κ2) is 10.7. The number of nitro groups is 1. The van der Waals surface area contributed by atoms with Crippen LogP contribution in [-0.4, -0.2) is 30.0 Å². The summed E-state index contributed by atoms with van der Waals surface area (Å²) < 4.78 is 12.2. The standard InChI is InChI=1S/C21H16Br2N2O6S/c1-2-30-21(27)19-15(12-4-3-5-14(8-12)25(28)29)11-32-20(19)24-18(26)10-31-17-7-6-13(22)9-16(17)23/h3-9,11H,2,10H2,1H3,(H,24,26). The third kappa shape index (κ3) is 5.72. The van der Waals surface area contributed by atoms with Gasteiger partial charge in [0.1, 0.15) is 16.3 Å². The van der Waals surface area contributed by atoms with Crippen LogP contribution in [0.5, 0.6) is 5.75 Å². The first kappa shape index (κ1) is 23.9. The van der Waals surface area contributed by atoms with Gasteiger partial charge in [0.25, 0.3) is 11.6 Å². The predicted molar refractivity (Wildman–Crippen MR) is 128 cm³/mol. The zero-order valence-corrected chi connectivity index (χ0v) is 20.6. The Morgan fingerprint density at radius 2 is 1.97 bits per heavy atom. The molecule has 0 bridgehead atoms. The minimum Gasteiger partial charge on any atom is -0.483 e. The minimum absolute atomic E-state index is 0.109. The Morgan fingerprint density at radius 1 is 1.19 bits per heavy atom. The van der Waals surface area contributed by atoms with Gasteiger partial charge in [-0.2, -0.15) is 0 Å². The van der Waals surface area contributed by atoms with Crippen LogP contribution in [0.2, 0.25) is 0 Å². The molecule has 3 rings (SSSR count). The fraction of sp³-hybridized carbons (Fsp3) is 0.143. The number of hydrogen-bond acceptors (Lipinski definition) is 7. The smallest absolute Gasteiger partial charge is 0.341 e. The average molecular weight is 584 g/mol. The molecule has 0 unspecified atom stereocenters. The molecule has 0 aliphatic carbocycles. The van der Waals surface area contributed by atoms with Gasteiger partial charge in [-0.15, -0.1) is 11.3 Å². The molecule has 0 aliphatic heterocycles. The van der Waals surface area contributed by atoms with E-state index in [1.54, 1.807) is 36.6 Å². The van der Waals surface area contributed by atoms with Gasteiger partial charge in [-0.1, -0.05) is 28.1 Å². The number of nitrogens with zero attached hydrogens (tertiary/aromatic N) is 1. The lowest BCUT2D eigenvalue weighted by atomic mass is 10.0. The van der Waals surface area contributed by atoms with Gasteiger partial charge in [0.05, 0.1) is 16.0 Å². The summed E-state index contributed by atoms with van der Waals surface area (Å²) in [5.41, 5.74) is 0.927. The lowest BCUT2D eigenvalue weighted by Gasteiger charge is -2.10. The number of esters is 1. The van der Waals surface area contributed by atoms with Crippen molar-refractivity contribution in [1.82, 2.24) is 0 Å². The van der Waals surface area contributed by atoms with Gasteiger partial charge in [-0.3, -0.25) is 14.9 Å². The van der Waals surface area contributed by atoms with Crippen LogP contribution in [0.25, 0.3) is 11.1 Å². The molecule has 32 heavy (non-hydrogen) atoms. The first-order valence-electron chi connectivity index (χ1n) is 9.21. The van der Waals surface area contributed by atoms with Crippen molar-refractivity contribution in [2.75, 3.05) is 18.5 Å². The van der Waals surface area contributed by atoms with E-state index in [1.165, 1.54) is 18.2 Å². The quantitative estimate of drug-likeness (QED) is 0.197. The lowest BCUT2D eigenvalue weighted by molar-refractivity contribution is -0.384. The molecule has 1 N–H and O–H groups in total. The summed E-state index contributed by atoms with van der Waals surface area (Å²) in [6.45, 7) is 1.52. The van der Waals surface area contributed by atoms with E-state index in [2.05, 4.69) is 37.2 Å². The number of hydrogen-bond donors (Lipinski definition) is 1. The number of amides is 1. The summed E-state index contributed by atoms with van der Waals surface area (Å²) in [6, 6.07) is 11.2. The van der Waals surface area contributed by atoms with E-state index < -0.39 is 16.8 Å². The van der Waals surface area contributed by atoms with Crippen LogP contribution < -0.4 is 10.1 Å². The molecular formula is C21H16Br2N2O6S. The van der Waals surface area contributed by atoms with Gasteiger partial charge in [0.15, 0.2) is 6.61 Å². The van der Waals surface area contributed by atoms with Crippen molar-refractivity contribution in [2.45, 2.75) is 6.92 Å². The number of rotatable bonds is 8. The second-order valence-corrected chi connectivity index (χ2v) is 8.94. The first-order chi connectivity index (χ1) is 15.3. The summed E-state index contributed by atoms with van der Waals surface area (Å²) in [5.74, 6) is -0.627. The topological polar surface area (TPSA) is 108 Å². The summed E-state index contributed by atoms with van der Waals surface area (Å²) in [7, 11) is 0. The van der Waals surface area contributed by atoms with E-state index in [0.29, 0.717) is 21.3 Å². The number of carbonyl (C=O) groups is 2. The Hall–Kier alpha value is -2.76. The fourth-order valence-electron chi connectivity index (χ4n) is 2.75. The number of non-ortho nitro benzene ring substituents is 1. The Morgan fingerprint density at radius 3 is 2.66 bits per heavy atom. The van der Waals surface area contributed by atoms with E-state index in [0.717, 1.165) is 15.8 Å². The van der Waals surface area contributed by atoms with E-state index >= 15 is 0 Å². The van der Waals surface area contributed by atoms with Gasteiger partial charge in [0.2, 0.25) is 0 Å². The van der Waals surface area contributed by atoms with Crippen molar-refractivity contribution < 1.29 is 24.0 Å². The number of thiophene rings is 1. The molecule has 2 aromatic carbocycles. The van der Waals surface area contributed by atoms with E-state index in [4.69, 9.17) is 9.47 Å². The highest BCUT2D eigenvalue weighted by Crippen LogP contribution is 2.37. The van der Waals surface area contributed by atoms with Crippen LogP contribution in [0.1, 0.15) is 17.3 Å². The Bertz CT molecular complexity index is 1180. The average Bonchev–Trinajstić information content (AvgIpc) is 3.17. The maximum atomic E-state index is 12.6. The molecule has 1 amide bonds. The highest BCUT2D eigenvalue weighted by molar-refractivity contribution is 9.11. The zero-order valence-electron chi connectivity index (χ0n) is 16.6. The van der Waals surface area contributed by atoms with Crippen molar-refractivity contribution in [2.24, 2.45) is 0 Å². The molecule has 166 valence electrons. The van der Waals surface area contributed by atoms with Crippen molar-refractivity contribution in [3.63, 3.8) is 0 Å². The summed E-state index contributed by atoms with van der Waals surface area (Å²) in [4.78, 5) is 35.7. The Balaban J connectivity index is 1.84. The molecule has 1 aromatic heterocycles. The van der Waals surface area contributed by atoms with Crippen LogP contribution in [0.4, 0.5) is 10.7 Å². The van der Waals surface area contributed by atoms with Gasteiger partial charge in [-0.05, 0) is 46.6 Å².